The maximum absolute atomic E-state index is 14.0. The molecule has 0 aliphatic heterocycles. The smallest absolute Gasteiger partial charge is 0.264 e. The van der Waals surface area contributed by atoms with Crippen LogP contribution in [0, 0.1) is 13.8 Å². The molecule has 0 radical (unpaired) electrons. The first-order valence-electron chi connectivity index (χ1n) is 12.9. The molecule has 0 saturated heterocycles. The van der Waals surface area contributed by atoms with Crippen molar-refractivity contribution in [2.24, 2.45) is 0 Å². The summed E-state index contributed by atoms with van der Waals surface area (Å²) in [6.07, 6.45) is 0.745. The van der Waals surface area contributed by atoms with Crippen molar-refractivity contribution in [2.75, 3.05) is 10.8 Å². The SMILES string of the molecule is CC[C@H](C)NC(=O)[C@H](C)N(Cc1ccc(Br)cc1)C(=O)CN(c1ccc(C)c(C)c1)S(=O)(=O)c1ccccc1. The Balaban J connectivity index is 2.03. The fourth-order valence-electron chi connectivity index (χ4n) is 3.96. The number of hydrogen-bond acceptors (Lipinski definition) is 4. The number of sulfonamides is 1. The average molecular weight is 615 g/mol. The molecule has 39 heavy (non-hydrogen) atoms. The van der Waals surface area contributed by atoms with Gasteiger partial charge in [-0.2, -0.15) is 0 Å². The van der Waals surface area contributed by atoms with E-state index in [0.29, 0.717) is 5.69 Å². The first-order chi connectivity index (χ1) is 18.4. The number of nitrogens with zero attached hydrogens (tertiary/aromatic N) is 2. The van der Waals surface area contributed by atoms with Crippen molar-refractivity contribution in [3.63, 3.8) is 0 Å². The van der Waals surface area contributed by atoms with E-state index in [0.717, 1.165) is 31.9 Å². The molecule has 0 aromatic heterocycles. The first kappa shape index (κ1) is 30.4. The first-order valence-corrected chi connectivity index (χ1v) is 15.2. The summed E-state index contributed by atoms with van der Waals surface area (Å²) < 4.78 is 29.7. The Bertz CT molecular complexity index is 1400. The maximum atomic E-state index is 14.0. The van der Waals surface area contributed by atoms with Gasteiger partial charge in [0.1, 0.15) is 12.6 Å². The van der Waals surface area contributed by atoms with Crippen LogP contribution in [0.1, 0.15) is 43.9 Å². The normalized spacial score (nSPS) is 12.9. The highest BCUT2D eigenvalue weighted by Gasteiger charge is 2.32. The molecular weight excluding hydrogens is 578 g/mol. The van der Waals surface area contributed by atoms with Crippen molar-refractivity contribution in [3.05, 3.63) is 94.0 Å². The molecule has 0 aliphatic carbocycles. The van der Waals surface area contributed by atoms with Crippen LogP contribution in [0.5, 0.6) is 0 Å². The molecule has 2 amide bonds. The number of benzene rings is 3. The van der Waals surface area contributed by atoms with Crippen molar-refractivity contribution in [1.29, 1.82) is 0 Å². The van der Waals surface area contributed by atoms with E-state index in [4.69, 9.17) is 0 Å². The van der Waals surface area contributed by atoms with Crippen LogP contribution in [0.3, 0.4) is 0 Å². The summed E-state index contributed by atoms with van der Waals surface area (Å²) in [5.74, 6) is -0.777. The molecule has 0 fully saturated rings. The van der Waals surface area contributed by atoms with E-state index in [1.54, 1.807) is 37.3 Å². The van der Waals surface area contributed by atoms with Crippen molar-refractivity contribution < 1.29 is 18.0 Å². The molecule has 9 heteroatoms. The number of amides is 2. The summed E-state index contributed by atoms with van der Waals surface area (Å²) in [5, 5.41) is 2.94. The van der Waals surface area contributed by atoms with Gasteiger partial charge < -0.3 is 10.2 Å². The van der Waals surface area contributed by atoms with Gasteiger partial charge in [0, 0.05) is 17.1 Å². The van der Waals surface area contributed by atoms with Gasteiger partial charge in [-0.3, -0.25) is 13.9 Å². The predicted octanol–water partition coefficient (Wildman–Crippen LogP) is 5.59. The number of rotatable bonds is 11. The largest absolute Gasteiger partial charge is 0.352 e. The number of nitrogens with one attached hydrogen (secondary N) is 1. The summed E-state index contributed by atoms with van der Waals surface area (Å²) in [5.41, 5.74) is 3.12. The number of carbonyl (C=O) groups is 2. The van der Waals surface area contributed by atoms with Crippen LogP contribution < -0.4 is 9.62 Å². The summed E-state index contributed by atoms with van der Waals surface area (Å²) >= 11 is 3.42. The Hall–Kier alpha value is -3.17. The minimum absolute atomic E-state index is 0.0601. The van der Waals surface area contributed by atoms with Crippen LogP contribution in [0.4, 0.5) is 5.69 Å². The van der Waals surface area contributed by atoms with Crippen molar-refractivity contribution in [2.45, 2.75) is 64.6 Å². The third kappa shape index (κ3) is 7.70. The molecule has 0 aliphatic rings. The number of anilines is 1. The molecule has 0 unspecified atom stereocenters. The highest BCUT2D eigenvalue weighted by molar-refractivity contribution is 9.10. The Labute approximate surface area is 240 Å². The standard InChI is InChI=1S/C30H36BrN3O4S/c1-6-23(4)32-30(36)24(5)33(19-25-13-15-26(31)16-14-25)29(35)20-34(27-17-12-21(2)22(3)18-27)39(37,38)28-10-8-7-9-11-28/h7-18,23-24H,6,19-20H2,1-5H3,(H,32,36)/t23-,24-/m0/s1. The zero-order chi connectivity index (χ0) is 28.7. The monoisotopic (exact) mass is 613 g/mol. The Morgan fingerprint density at radius 3 is 2.15 bits per heavy atom. The zero-order valence-corrected chi connectivity index (χ0v) is 25.4. The molecule has 0 bridgehead atoms. The van der Waals surface area contributed by atoms with Crippen LogP contribution in [0.2, 0.25) is 0 Å². The molecule has 0 heterocycles. The van der Waals surface area contributed by atoms with Crippen molar-refractivity contribution >= 4 is 43.5 Å². The fraction of sp³-hybridized carbons (Fsp3) is 0.333. The van der Waals surface area contributed by atoms with Crippen LogP contribution in [-0.2, 0) is 26.2 Å². The van der Waals surface area contributed by atoms with Crippen LogP contribution in [0.15, 0.2) is 82.2 Å². The lowest BCUT2D eigenvalue weighted by molar-refractivity contribution is -0.139. The van der Waals surface area contributed by atoms with Crippen molar-refractivity contribution in [1.82, 2.24) is 10.2 Å². The molecule has 3 rings (SSSR count). The van der Waals surface area contributed by atoms with Crippen LogP contribution >= 0.6 is 15.9 Å². The van der Waals surface area contributed by atoms with Crippen LogP contribution in [0.25, 0.3) is 0 Å². The molecule has 3 aromatic carbocycles. The second kappa shape index (κ2) is 13.3. The minimum Gasteiger partial charge on any atom is -0.352 e. The van der Waals surface area contributed by atoms with E-state index in [1.807, 2.05) is 58.0 Å². The quantitative estimate of drug-likeness (QED) is 0.305. The Morgan fingerprint density at radius 1 is 0.923 bits per heavy atom. The topological polar surface area (TPSA) is 86.8 Å². The zero-order valence-electron chi connectivity index (χ0n) is 23.0. The van der Waals surface area contributed by atoms with E-state index >= 15 is 0 Å². The average Bonchev–Trinajstić information content (AvgIpc) is 2.92. The second-order valence-electron chi connectivity index (χ2n) is 9.74. The molecule has 1 N–H and O–H groups in total. The van der Waals surface area contributed by atoms with Crippen molar-refractivity contribution in [3.8, 4) is 0 Å². The Morgan fingerprint density at radius 2 is 1.56 bits per heavy atom. The number of halogens is 1. The highest BCUT2D eigenvalue weighted by atomic mass is 79.9. The number of carbonyl (C=O) groups excluding carboxylic acids is 2. The molecule has 3 aromatic rings. The fourth-order valence-corrected chi connectivity index (χ4v) is 5.66. The van der Waals surface area contributed by atoms with E-state index in [9.17, 15) is 18.0 Å². The van der Waals surface area contributed by atoms with Gasteiger partial charge in [0.2, 0.25) is 11.8 Å². The van der Waals surface area contributed by atoms with Gasteiger partial charge in [0.25, 0.3) is 10.0 Å². The lowest BCUT2D eigenvalue weighted by Crippen LogP contribution is -2.52. The summed E-state index contributed by atoms with van der Waals surface area (Å²) in [7, 11) is -4.08. The molecule has 7 nitrogen and oxygen atoms in total. The summed E-state index contributed by atoms with van der Waals surface area (Å²) in [6.45, 7) is 9.06. The Kier molecular flexibility index (Phi) is 10.3. The van der Waals surface area contributed by atoms with Gasteiger partial charge in [-0.05, 0) is 87.2 Å². The van der Waals surface area contributed by atoms with Crippen LogP contribution in [-0.4, -0.2) is 43.8 Å². The lowest BCUT2D eigenvalue weighted by Gasteiger charge is -2.32. The summed E-state index contributed by atoms with van der Waals surface area (Å²) in [4.78, 5) is 28.6. The van der Waals surface area contributed by atoms with E-state index in [1.165, 1.54) is 17.0 Å². The van der Waals surface area contributed by atoms with Gasteiger partial charge in [-0.25, -0.2) is 8.42 Å². The van der Waals surface area contributed by atoms with E-state index < -0.39 is 28.5 Å². The highest BCUT2D eigenvalue weighted by Crippen LogP contribution is 2.26. The van der Waals surface area contributed by atoms with E-state index in [-0.39, 0.29) is 23.4 Å². The minimum atomic E-state index is -4.08. The lowest BCUT2D eigenvalue weighted by atomic mass is 10.1. The van der Waals surface area contributed by atoms with E-state index in [2.05, 4.69) is 21.2 Å². The number of aryl methyl sites for hydroxylation is 2. The molecule has 208 valence electrons. The third-order valence-corrected chi connectivity index (χ3v) is 9.14. The molecular formula is C30H36BrN3O4S. The number of hydrogen-bond donors (Lipinski definition) is 1. The molecule has 2 atom stereocenters. The van der Waals surface area contributed by atoms with Gasteiger partial charge in [0.15, 0.2) is 0 Å². The molecule has 0 spiro atoms. The molecule has 0 saturated carbocycles. The van der Waals surface area contributed by atoms with Gasteiger partial charge in [0.05, 0.1) is 10.6 Å². The van der Waals surface area contributed by atoms with Gasteiger partial charge in [-0.1, -0.05) is 59.3 Å². The summed E-state index contributed by atoms with van der Waals surface area (Å²) in [6, 6.07) is 19.9. The van der Waals surface area contributed by atoms with Gasteiger partial charge >= 0.3 is 0 Å². The third-order valence-electron chi connectivity index (χ3n) is 6.82. The predicted molar refractivity (Wildman–Crippen MR) is 159 cm³/mol. The van der Waals surface area contributed by atoms with Gasteiger partial charge in [-0.15, -0.1) is 0 Å². The maximum Gasteiger partial charge on any atom is 0.264 e. The second-order valence-corrected chi connectivity index (χ2v) is 12.5.